The van der Waals surface area contributed by atoms with Gasteiger partial charge in [-0.3, -0.25) is 9.69 Å². The molecule has 0 aromatic carbocycles. The van der Waals surface area contributed by atoms with Gasteiger partial charge < -0.3 is 10.6 Å². The van der Waals surface area contributed by atoms with E-state index in [0.29, 0.717) is 31.1 Å². The molecular formula is C14H27N3O. The molecule has 0 aromatic heterocycles. The molecule has 4 heteroatoms. The molecule has 1 amide bonds. The number of carbonyl (C=O) groups excluding carboxylic acids is 1. The van der Waals surface area contributed by atoms with E-state index in [9.17, 15) is 4.79 Å². The molecule has 104 valence electrons. The van der Waals surface area contributed by atoms with Gasteiger partial charge in [0, 0.05) is 25.2 Å². The molecule has 1 aliphatic heterocycles. The molecule has 0 spiro atoms. The van der Waals surface area contributed by atoms with Crippen LogP contribution in [0.4, 0.5) is 0 Å². The Morgan fingerprint density at radius 2 is 2.06 bits per heavy atom. The zero-order chi connectivity index (χ0) is 13.0. The zero-order valence-corrected chi connectivity index (χ0v) is 11.6. The normalized spacial score (nSPS) is 25.8. The van der Waals surface area contributed by atoms with Gasteiger partial charge in [0.05, 0.1) is 6.54 Å². The number of nitrogens with zero attached hydrogens (tertiary/aromatic N) is 2. The lowest BCUT2D eigenvalue weighted by Gasteiger charge is -2.31. The third-order valence-electron chi connectivity index (χ3n) is 4.26. The second kappa shape index (κ2) is 6.53. The average Bonchev–Trinajstić information content (AvgIpc) is 3.18. The number of amides is 1. The van der Waals surface area contributed by atoms with E-state index >= 15 is 0 Å². The molecule has 1 unspecified atom stereocenters. The molecule has 1 saturated carbocycles. The Morgan fingerprint density at radius 1 is 1.28 bits per heavy atom. The molecule has 1 heterocycles. The van der Waals surface area contributed by atoms with Crippen LogP contribution in [0.2, 0.25) is 0 Å². The molecule has 4 nitrogen and oxygen atoms in total. The second-order valence-electron chi connectivity index (χ2n) is 5.62. The summed E-state index contributed by atoms with van der Waals surface area (Å²) in [6.45, 7) is 5.23. The fraction of sp³-hybridized carbons (Fsp3) is 0.929. The number of rotatable bonds is 5. The van der Waals surface area contributed by atoms with Crippen molar-refractivity contribution in [2.75, 3.05) is 26.2 Å². The van der Waals surface area contributed by atoms with E-state index in [0.717, 1.165) is 19.5 Å². The largest absolute Gasteiger partial charge is 0.339 e. The summed E-state index contributed by atoms with van der Waals surface area (Å²) in [6.07, 6.45) is 7.28. The van der Waals surface area contributed by atoms with Gasteiger partial charge in [0.15, 0.2) is 0 Å². The molecule has 1 aliphatic carbocycles. The van der Waals surface area contributed by atoms with Crippen LogP contribution in [0.15, 0.2) is 0 Å². The van der Waals surface area contributed by atoms with Crippen LogP contribution in [-0.4, -0.2) is 54.0 Å². The number of likely N-dealkylation sites (tertiary alicyclic amines) is 1. The maximum absolute atomic E-state index is 12.3. The molecule has 0 radical (unpaired) electrons. The standard InChI is InChI=1S/C14H27N3O/c1-2-17(12-7-8-12)14(18)11-16-9-5-3-4-6-13(16)10-15/h12-13H,2-11,15H2,1H3. The number of hydrogen-bond donors (Lipinski definition) is 1. The first-order chi connectivity index (χ1) is 8.76. The van der Waals surface area contributed by atoms with E-state index in [4.69, 9.17) is 5.73 Å². The Morgan fingerprint density at radius 3 is 2.67 bits per heavy atom. The Bertz CT molecular complexity index is 278. The Balaban J connectivity index is 1.90. The summed E-state index contributed by atoms with van der Waals surface area (Å²) in [5.41, 5.74) is 5.85. The average molecular weight is 253 g/mol. The van der Waals surface area contributed by atoms with Gasteiger partial charge >= 0.3 is 0 Å². The lowest BCUT2D eigenvalue weighted by Crippen LogP contribution is -2.47. The van der Waals surface area contributed by atoms with Gasteiger partial charge in [0.25, 0.3) is 0 Å². The predicted molar refractivity (Wildman–Crippen MR) is 73.3 cm³/mol. The van der Waals surface area contributed by atoms with E-state index in [1.165, 1.54) is 32.1 Å². The molecular weight excluding hydrogens is 226 g/mol. The second-order valence-corrected chi connectivity index (χ2v) is 5.62. The van der Waals surface area contributed by atoms with Crippen LogP contribution in [0.3, 0.4) is 0 Å². The smallest absolute Gasteiger partial charge is 0.236 e. The topological polar surface area (TPSA) is 49.6 Å². The number of nitrogens with two attached hydrogens (primary N) is 1. The van der Waals surface area contributed by atoms with Gasteiger partial charge in [0.1, 0.15) is 0 Å². The van der Waals surface area contributed by atoms with Gasteiger partial charge in [-0.15, -0.1) is 0 Å². The van der Waals surface area contributed by atoms with Gasteiger partial charge in [-0.05, 0) is 39.2 Å². The highest BCUT2D eigenvalue weighted by molar-refractivity contribution is 5.79. The first-order valence-electron chi connectivity index (χ1n) is 7.49. The summed E-state index contributed by atoms with van der Waals surface area (Å²) < 4.78 is 0. The molecule has 2 fully saturated rings. The highest BCUT2D eigenvalue weighted by Gasteiger charge is 2.32. The maximum atomic E-state index is 12.3. The van der Waals surface area contributed by atoms with Gasteiger partial charge in [-0.25, -0.2) is 0 Å². The zero-order valence-electron chi connectivity index (χ0n) is 11.6. The van der Waals surface area contributed by atoms with E-state index in [1.54, 1.807) is 0 Å². The van der Waals surface area contributed by atoms with Crippen molar-refractivity contribution in [1.82, 2.24) is 9.80 Å². The molecule has 1 atom stereocenters. The Hall–Kier alpha value is -0.610. The molecule has 0 bridgehead atoms. The van der Waals surface area contributed by atoms with Crippen molar-refractivity contribution in [3.8, 4) is 0 Å². The van der Waals surface area contributed by atoms with E-state index < -0.39 is 0 Å². The van der Waals surface area contributed by atoms with Crippen molar-refractivity contribution < 1.29 is 4.79 Å². The lowest BCUT2D eigenvalue weighted by atomic mass is 10.1. The Labute approximate surface area is 110 Å². The van der Waals surface area contributed by atoms with Crippen molar-refractivity contribution in [3.63, 3.8) is 0 Å². The van der Waals surface area contributed by atoms with E-state index in [1.807, 2.05) is 0 Å². The van der Waals surface area contributed by atoms with Crippen LogP contribution in [-0.2, 0) is 4.79 Å². The third-order valence-corrected chi connectivity index (χ3v) is 4.26. The van der Waals surface area contributed by atoms with Crippen LogP contribution in [0.25, 0.3) is 0 Å². The van der Waals surface area contributed by atoms with Gasteiger partial charge in [-0.2, -0.15) is 0 Å². The highest BCUT2D eigenvalue weighted by Crippen LogP contribution is 2.27. The fourth-order valence-electron chi connectivity index (χ4n) is 3.00. The van der Waals surface area contributed by atoms with Crippen LogP contribution in [0.1, 0.15) is 45.4 Å². The molecule has 2 N–H and O–H groups in total. The van der Waals surface area contributed by atoms with Crippen molar-refractivity contribution in [3.05, 3.63) is 0 Å². The summed E-state index contributed by atoms with van der Waals surface area (Å²) in [5, 5.41) is 0. The number of carbonyl (C=O) groups is 1. The predicted octanol–water partition coefficient (Wildman–Crippen LogP) is 1.20. The molecule has 2 aliphatic rings. The molecule has 1 saturated heterocycles. The van der Waals surface area contributed by atoms with Gasteiger partial charge in [-0.1, -0.05) is 12.8 Å². The first-order valence-corrected chi connectivity index (χ1v) is 7.49. The summed E-state index contributed by atoms with van der Waals surface area (Å²) in [5.74, 6) is 0.306. The molecule has 2 rings (SSSR count). The monoisotopic (exact) mass is 253 g/mol. The summed E-state index contributed by atoms with van der Waals surface area (Å²) in [4.78, 5) is 16.7. The van der Waals surface area contributed by atoms with E-state index in [2.05, 4.69) is 16.7 Å². The van der Waals surface area contributed by atoms with Crippen LogP contribution in [0.5, 0.6) is 0 Å². The Kier molecular flexibility index (Phi) is 5.01. The van der Waals surface area contributed by atoms with Crippen molar-refractivity contribution in [2.24, 2.45) is 5.73 Å². The summed E-state index contributed by atoms with van der Waals surface area (Å²) >= 11 is 0. The summed E-state index contributed by atoms with van der Waals surface area (Å²) in [7, 11) is 0. The quantitative estimate of drug-likeness (QED) is 0.801. The molecule has 0 aromatic rings. The number of likely N-dealkylation sites (N-methyl/N-ethyl adjacent to an activating group) is 1. The third kappa shape index (κ3) is 3.45. The lowest BCUT2D eigenvalue weighted by molar-refractivity contribution is -0.133. The summed E-state index contributed by atoms with van der Waals surface area (Å²) in [6, 6.07) is 0.945. The van der Waals surface area contributed by atoms with Crippen molar-refractivity contribution >= 4 is 5.91 Å². The fourth-order valence-corrected chi connectivity index (χ4v) is 3.00. The minimum atomic E-state index is 0.306. The van der Waals surface area contributed by atoms with Crippen LogP contribution < -0.4 is 5.73 Å². The SMILES string of the molecule is CCN(C(=O)CN1CCCCCC1CN)C1CC1. The van der Waals surface area contributed by atoms with Crippen molar-refractivity contribution in [1.29, 1.82) is 0 Å². The van der Waals surface area contributed by atoms with Gasteiger partial charge in [0.2, 0.25) is 5.91 Å². The first kappa shape index (κ1) is 13.8. The van der Waals surface area contributed by atoms with E-state index in [-0.39, 0.29) is 0 Å². The van der Waals surface area contributed by atoms with Crippen molar-refractivity contribution in [2.45, 2.75) is 57.5 Å². The highest BCUT2D eigenvalue weighted by atomic mass is 16.2. The maximum Gasteiger partial charge on any atom is 0.236 e. The number of hydrogen-bond acceptors (Lipinski definition) is 3. The van der Waals surface area contributed by atoms with Crippen LogP contribution in [0, 0.1) is 0 Å². The van der Waals surface area contributed by atoms with Crippen LogP contribution >= 0.6 is 0 Å². The molecule has 18 heavy (non-hydrogen) atoms. The minimum Gasteiger partial charge on any atom is -0.339 e. The minimum absolute atomic E-state index is 0.306.